The lowest BCUT2D eigenvalue weighted by molar-refractivity contribution is -0.184. The number of carbonyl (C=O) groups excluding carboxylic acids is 1. The number of nitrogens with one attached hydrogen (secondary N) is 1. The molecule has 1 aromatic carbocycles. The first-order valence-corrected chi connectivity index (χ1v) is 6.03. The third-order valence-corrected chi connectivity index (χ3v) is 3.18. The summed E-state index contributed by atoms with van der Waals surface area (Å²) in [5.41, 5.74) is 1.15. The number of amides is 1. The van der Waals surface area contributed by atoms with E-state index < -0.39 is 23.6 Å². The summed E-state index contributed by atoms with van der Waals surface area (Å²) in [4.78, 5) is 22.4. The summed E-state index contributed by atoms with van der Waals surface area (Å²) in [5, 5.41) is 9.96. The van der Waals surface area contributed by atoms with Crippen LogP contribution in [-0.4, -0.2) is 28.7 Å². The average Bonchev–Trinajstić information content (AvgIpc) is 2.31. The third kappa shape index (κ3) is 3.58. The number of carboxylic acid groups (broad SMARTS) is 1. The highest BCUT2D eigenvalue weighted by atomic mass is 35.5. The fourth-order valence-electron chi connectivity index (χ4n) is 1.19. The summed E-state index contributed by atoms with van der Waals surface area (Å²) < 4.78 is 37.9. The van der Waals surface area contributed by atoms with E-state index in [2.05, 4.69) is 0 Å². The van der Waals surface area contributed by atoms with Crippen LogP contribution in [0, 0.1) is 0 Å². The van der Waals surface area contributed by atoms with Crippen LogP contribution in [0.5, 0.6) is 0 Å². The molecule has 0 saturated carbocycles. The predicted octanol–water partition coefficient (Wildman–Crippen LogP) is 2.91. The minimum atomic E-state index is -4.99. The molecule has 1 unspecified atom stereocenters. The Hall–Kier alpha value is -1.51. The van der Waals surface area contributed by atoms with Crippen LogP contribution in [-0.2, 0) is 4.79 Å². The summed E-state index contributed by atoms with van der Waals surface area (Å²) in [5.74, 6) is -2.92. The summed E-state index contributed by atoms with van der Waals surface area (Å²) in [6, 6.07) is 1.87. The Morgan fingerprint density at radius 2 is 1.67 bits per heavy atom. The molecule has 1 atom stereocenters. The Balaban J connectivity index is 3.15. The highest BCUT2D eigenvalue weighted by Crippen LogP contribution is 2.34. The predicted molar refractivity (Wildman–Crippen MR) is 70.7 cm³/mol. The van der Waals surface area contributed by atoms with E-state index in [0.29, 0.717) is 6.92 Å². The first kappa shape index (κ1) is 17.5. The van der Waals surface area contributed by atoms with Crippen molar-refractivity contribution >= 4 is 40.8 Å². The van der Waals surface area contributed by atoms with Gasteiger partial charge in [0.15, 0.2) is 5.54 Å². The Morgan fingerprint density at radius 3 is 2.00 bits per heavy atom. The summed E-state index contributed by atoms with van der Waals surface area (Å²) in [6.07, 6.45) is -4.99. The van der Waals surface area contributed by atoms with Crippen molar-refractivity contribution in [2.24, 2.45) is 5.73 Å². The van der Waals surface area contributed by atoms with Crippen molar-refractivity contribution in [2.45, 2.75) is 18.6 Å². The van der Waals surface area contributed by atoms with Crippen molar-refractivity contribution in [3.05, 3.63) is 27.7 Å². The molecule has 0 fully saturated rings. The second-order valence-corrected chi connectivity index (χ2v) is 5.09. The average molecular weight is 345 g/mol. The van der Waals surface area contributed by atoms with Gasteiger partial charge in [-0.25, -0.2) is 4.79 Å². The number of hydrogen-bond donors (Lipinski definition) is 3. The zero-order valence-electron chi connectivity index (χ0n) is 10.4. The van der Waals surface area contributed by atoms with Gasteiger partial charge in [0.05, 0.1) is 21.3 Å². The van der Waals surface area contributed by atoms with Crippen molar-refractivity contribution in [3.8, 4) is 0 Å². The monoisotopic (exact) mass is 344 g/mol. The number of aromatic carboxylic acids is 1. The van der Waals surface area contributed by atoms with Gasteiger partial charge in [-0.2, -0.15) is 13.2 Å². The van der Waals surface area contributed by atoms with Crippen molar-refractivity contribution in [3.63, 3.8) is 0 Å². The number of halogens is 5. The normalized spacial score (nSPS) is 14.4. The van der Waals surface area contributed by atoms with Crippen molar-refractivity contribution in [2.75, 3.05) is 5.32 Å². The second kappa shape index (κ2) is 5.70. The molecular formula is C11H9Cl2F3N2O3. The molecule has 116 valence electrons. The van der Waals surface area contributed by atoms with Gasteiger partial charge in [-0.1, -0.05) is 23.2 Å². The lowest BCUT2D eigenvalue weighted by atomic mass is 10.0. The smallest absolute Gasteiger partial charge is 0.415 e. The fourth-order valence-corrected chi connectivity index (χ4v) is 1.77. The maximum absolute atomic E-state index is 12.6. The van der Waals surface area contributed by atoms with E-state index in [9.17, 15) is 22.8 Å². The van der Waals surface area contributed by atoms with Crippen LogP contribution < -0.4 is 11.1 Å². The SMILES string of the molecule is CC(N)(C(=O)Nc1c(Cl)cc(C(=O)O)cc1Cl)C(F)(F)F. The molecule has 1 rings (SSSR count). The number of anilines is 1. The topological polar surface area (TPSA) is 92.4 Å². The van der Waals surface area contributed by atoms with Crippen LogP contribution in [0.25, 0.3) is 0 Å². The minimum Gasteiger partial charge on any atom is -0.478 e. The Bertz CT molecular complexity index is 580. The van der Waals surface area contributed by atoms with Gasteiger partial charge >= 0.3 is 12.1 Å². The molecule has 0 aliphatic heterocycles. The van der Waals surface area contributed by atoms with E-state index in [1.807, 2.05) is 5.32 Å². The molecule has 10 heteroatoms. The largest absolute Gasteiger partial charge is 0.478 e. The van der Waals surface area contributed by atoms with E-state index in [4.69, 9.17) is 34.0 Å². The first-order chi connectivity index (χ1) is 9.37. The molecule has 4 N–H and O–H groups in total. The number of nitrogens with two attached hydrogens (primary N) is 1. The van der Waals surface area contributed by atoms with Crippen molar-refractivity contribution in [1.29, 1.82) is 0 Å². The van der Waals surface area contributed by atoms with Crippen LogP contribution in [0.2, 0.25) is 10.0 Å². The van der Waals surface area contributed by atoms with Crippen LogP contribution in [0.4, 0.5) is 18.9 Å². The number of rotatable bonds is 3. The van der Waals surface area contributed by atoms with E-state index in [1.165, 1.54) is 0 Å². The summed E-state index contributed by atoms with van der Waals surface area (Å²) >= 11 is 11.4. The molecule has 0 aliphatic rings. The second-order valence-electron chi connectivity index (χ2n) is 4.27. The van der Waals surface area contributed by atoms with E-state index in [1.54, 1.807) is 0 Å². The van der Waals surface area contributed by atoms with Crippen LogP contribution >= 0.6 is 23.2 Å². The van der Waals surface area contributed by atoms with Crippen LogP contribution in [0.3, 0.4) is 0 Å². The summed E-state index contributed by atoms with van der Waals surface area (Å²) in [7, 11) is 0. The number of alkyl halides is 3. The van der Waals surface area contributed by atoms with Gasteiger partial charge in [-0.05, 0) is 19.1 Å². The number of benzene rings is 1. The highest BCUT2D eigenvalue weighted by Gasteiger charge is 2.54. The third-order valence-electron chi connectivity index (χ3n) is 2.59. The van der Waals surface area contributed by atoms with E-state index in [0.717, 1.165) is 12.1 Å². The molecule has 0 radical (unpaired) electrons. The van der Waals surface area contributed by atoms with Gasteiger partial charge in [0.25, 0.3) is 5.91 Å². The number of carboxylic acids is 1. The Labute approximate surface area is 126 Å². The van der Waals surface area contributed by atoms with Gasteiger partial charge in [0.1, 0.15) is 0 Å². The van der Waals surface area contributed by atoms with Crippen LogP contribution in [0.1, 0.15) is 17.3 Å². The molecule has 21 heavy (non-hydrogen) atoms. The van der Waals surface area contributed by atoms with Gasteiger partial charge in [-0.15, -0.1) is 0 Å². The molecular weight excluding hydrogens is 336 g/mol. The van der Waals surface area contributed by atoms with Crippen LogP contribution in [0.15, 0.2) is 12.1 Å². The minimum absolute atomic E-state index is 0.283. The molecule has 0 aliphatic carbocycles. The maximum Gasteiger partial charge on any atom is 0.415 e. The standard InChI is InChI=1S/C11H9Cl2F3N2O3/c1-10(17,11(14,15)16)9(21)18-7-5(12)2-4(8(19)20)3-6(7)13/h2-3H,17H2,1H3,(H,18,21)(H,19,20). The van der Waals surface area contributed by atoms with E-state index in [-0.39, 0.29) is 21.3 Å². The van der Waals surface area contributed by atoms with Crippen molar-refractivity contribution < 1.29 is 27.9 Å². The van der Waals surface area contributed by atoms with Gasteiger partial charge < -0.3 is 16.2 Å². The molecule has 5 nitrogen and oxygen atoms in total. The maximum atomic E-state index is 12.6. The molecule has 0 spiro atoms. The first-order valence-electron chi connectivity index (χ1n) is 5.27. The quantitative estimate of drug-likeness (QED) is 0.785. The van der Waals surface area contributed by atoms with Gasteiger partial charge in [-0.3, -0.25) is 4.79 Å². The Kier molecular flexibility index (Phi) is 4.76. The summed E-state index contributed by atoms with van der Waals surface area (Å²) in [6.45, 7) is 0.482. The Morgan fingerprint density at radius 1 is 1.24 bits per heavy atom. The van der Waals surface area contributed by atoms with Gasteiger partial charge in [0.2, 0.25) is 0 Å². The molecule has 0 bridgehead atoms. The molecule has 1 aromatic rings. The molecule has 1 amide bonds. The molecule has 0 saturated heterocycles. The highest BCUT2D eigenvalue weighted by molar-refractivity contribution is 6.40. The van der Waals surface area contributed by atoms with Gasteiger partial charge in [0, 0.05) is 0 Å². The fraction of sp³-hybridized carbons (Fsp3) is 0.273. The number of hydrogen-bond acceptors (Lipinski definition) is 3. The van der Waals surface area contributed by atoms with E-state index >= 15 is 0 Å². The lowest BCUT2D eigenvalue weighted by Crippen LogP contribution is -2.59. The zero-order chi connectivity index (χ0) is 16.6. The molecule has 0 aromatic heterocycles. The number of carbonyl (C=O) groups is 2. The lowest BCUT2D eigenvalue weighted by Gasteiger charge is -2.26. The zero-order valence-corrected chi connectivity index (χ0v) is 11.9. The molecule has 0 heterocycles. The van der Waals surface area contributed by atoms with Crippen molar-refractivity contribution in [1.82, 2.24) is 0 Å².